The van der Waals surface area contributed by atoms with Crippen LogP contribution in [0.5, 0.6) is 0 Å². The second-order valence-corrected chi connectivity index (χ2v) is 8.27. The van der Waals surface area contributed by atoms with Crippen LogP contribution in [0.4, 0.5) is 5.13 Å². The normalized spacial score (nSPS) is 15.8. The zero-order chi connectivity index (χ0) is 18.6. The Morgan fingerprint density at radius 3 is 2.89 bits per heavy atom. The fourth-order valence-electron chi connectivity index (χ4n) is 3.33. The Kier molecular flexibility index (Phi) is 5.31. The van der Waals surface area contributed by atoms with Crippen LogP contribution < -0.4 is 10.6 Å². The van der Waals surface area contributed by atoms with Gasteiger partial charge in [-0.25, -0.2) is 4.98 Å². The molecule has 0 fully saturated rings. The number of aryl methyl sites for hydroxylation is 1. The molecule has 1 aromatic carbocycles. The van der Waals surface area contributed by atoms with E-state index in [1.807, 2.05) is 29.0 Å². The zero-order valence-electron chi connectivity index (χ0n) is 14.6. The number of thiazole rings is 1. The highest BCUT2D eigenvalue weighted by molar-refractivity contribution is 7.14. The number of hydrogen-bond acceptors (Lipinski definition) is 5. The lowest BCUT2D eigenvalue weighted by molar-refractivity contribution is -0.121. The third-order valence-corrected chi connectivity index (χ3v) is 6.24. The number of thiophene rings is 1. The first-order chi connectivity index (χ1) is 13.2. The molecule has 2 amide bonds. The highest BCUT2D eigenvalue weighted by Crippen LogP contribution is 2.29. The first-order valence-corrected chi connectivity index (χ1v) is 10.6. The number of aromatic nitrogens is 1. The van der Waals surface area contributed by atoms with Crippen molar-refractivity contribution in [3.8, 4) is 0 Å². The molecule has 3 aromatic rings. The van der Waals surface area contributed by atoms with Gasteiger partial charge in [-0.15, -0.1) is 22.7 Å². The van der Waals surface area contributed by atoms with Crippen LogP contribution in [0.1, 0.15) is 45.4 Å². The number of amides is 2. The fourth-order valence-corrected chi connectivity index (χ4v) is 4.65. The molecule has 2 heterocycles. The number of anilines is 1. The standard InChI is InChI=1S/C20H19N3O2S2/c24-18(22-16-8-3-6-13-5-1-2-7-15(13)16)11-14-12-27-20(21-14)23-19(25)17-9-4-10-26-17/h1-2,4-5,7,9-10,12,16H,3,6,8,11H2,(H,22,24)(H,21,23,25)/t16-/m1/s1. The van der Waals surface area contributed by atoms with Gasteiger partial charge in [0.15, 0.2) is 5.13 Å². The summed E-state index contributed by atoms with van der Waals surface area (Å²) in [6.07, 6.45) is 3.32. The molecule has 2 N–H and O–H groups in total. The van der Waals surface area contributed by atoms with Gasteiger partial charge in [-0.1, -0.05) is 30.3 Å². The lowest BCUT2D eigenvalue weighted by Crippen LogP contribution is -2.32. The van der Waals surface area contributed by atoms with E-state index >= 15 is 0 Å². The SMILES string of the molecule is O=C(Cc1csc(NC(=O)c2cccs2)n1)N[C@@H]1CCCc2ccccc21. The Hall–Kier alpha value is -2.51. The number of fused-ring (bicyclic) bond motifs is 1. The minimum atomic E-state index is -0.172. The van der Waals surface area contributed by atoms with Crippen molar-refractivity contribution in [3.05, 3.63) is 68.9 Å². The Morgan fingerprint density at radius 2 is 2.04 bits per heavy atom. The first-order valence-electron chi connectivity index (χ1n) is 8.85. The molecule has 1 aliphatic carbocycles. The first kappa shape index (κ1) is 17.9. The number of benzene rings is 1. The van der Waals surface area contributed by atoms with Gasteiger partial charge in [0, 0.05) is 5.38 Å². The Morgan fingerprint density at radius 1 is 1.15 bits per heavy atom. The summed E-state index contributed by atoms with van der Waals surface area (Å²) in [5, 5.41) is 10.1. The summed E-state index contributed by atoms with van der Waals surface area (Å²) < 4.78 is 0. The summed E-state index contributed by atoms with van der Waals surface area (Å²) in [7, 11) is 0. The van der Waals surface area contributed by atoms with Crippen molar-refractivity contribution in [1.29, 1.82) is 0 Å². The highest BCUT2D eigenvalue weighted by atomic mass is 32.1. The van der Waals surface area contributed by atoms with Crippen LogP contribution in [0.25, 0.3) is 0 Å². The second-order valence-electron chi connectivity index (χ2n) is 6.46. The van der Waals surface area contributed by atoms with E-state index in [0.717, 1.165) is 19.3 Å². The maximum absolute atomic E-state index is 12.5. The van der Waals surface area contributed by atoms with Gasteiger partial charge < -0.3 is 5.32 Å². The number of rotatable bonds is 5. The summed E-state index contributed by atoms with van der Waals surface area (Å²) in [6, 6.07) is 12.0. The van der Waals surface area contributed by atoms with E-state index in [2.05, 4.69) is 27.8 Å². The van der Waals surface area contributed by atoms with Crippen molar-refractivity contribution in [1.82, 2.24) is 10.3 Å². The molecular formula is C20H19N3O2S2. The van der Waals surface area contributed by atoms with E-state index < -0.39 is 0 Å². The van der Waals surface area contributed by atoms with Gasteiger partial charge >= 0.3 is 0 Å². The molecule has 2 aromatic heterocycles. The van der Waals surface area contributed by atoms with Crippen LogP contribution in [0.2, 0.25) is 0 Å². The third kappa shape index (κ3) is 4.26. The van der Waals surface area contributed by atoms with Gasteiger partial charge in [-0.3, -0.25) is 14.9 Å². The van der Waals surface area contributed by atoms with Gasteiger partial charge in [0.05, 0.1) is 23.0 Å². The number of nitrogens with zero attached hydrogens (tertiary/aromatic N) is 1. The Bertz CT molecular complexity index is 950. The lowest BCUT2D eigenvalue weighted by Gasteiger charge is -2.26. The molecule has 0 unspecified atom stereocenters. The molecule has 7 heteroatoms. The van der Waals surface area contributed by atoms with Crippen molar-refractivity contribution in [3.63, 3.8) is 0 Å². The molecule has 27 heavy (non-hydrogen) atoms. The van der Waals surface area contributed by atoms with Gasteiger partial charge in [0.2, 0.25) is 5.91 Å². The maximum atomic E-state index is 12.5. The van der Waals surface area contributed by atoms with Gasteiger partial charge in [-0.2, -0.15) is 0 Å². The van der Waals surface area contributed by atoms with Crippen molar-refractivity contribution in [2.24, 2.45) is 0 Å². The van der Waals surface area contributed by atoms with Crippen LogP contribution in [-0.2, 0) is 17.6 Å². The van der Waals surface area contributed by atoms with E-state index in [1.165, 1.54) is 33.8 Å². The molecule has 0 bridgehead atoms. The smallest absolute Gasteiger partial charge is 0.267 e. The van der Waals surface area contributed by atoms with Crippen LogP contribution in [0.3, 0.4) is 0 Å². The average Bonchev–Trinajstić information content (AvgIpc) is 3.34. The maximum Gasteiger partial charge on any atom is 0.267 e. The fraction of sp³-hybridized carbons (Fsp3) is 0.250. The summed E-state index contributed by atoms with van der Waals surface area (Å²) in [6.45, 7) is 0. The second kappa shape index (κ2) is 8.02. The van der Waals surface area contributed by atoms with E-state index in [-0.39, 0.29) is 24.3 Å². The van der Waals surface area contributed by atoms with E-state index in [1.54, 1.807) is 6.07 Å². The summed E-state index contributed by atoms with van der Waals surface area (Å²) in [4.78, 5) is 29.6. The molecule has 5 nitrogen and oxygen atoms in total. The van der Waals surface area contributed by atoms with Crippen LogP contribution >= 0.6 is 22.7 Å². The van der Waals surface area contributed by atoms with Crippen LogP contribution in [-0.4, -0.2) is 16.8 Å². The average molecular weight is 398 g/mol. The van der Waals surface area contributed by atoms with E-state index in [0.29, 0.717) is 15.7 Å². The molecule has 1 atom stereocenters. The molecule has 0 radical (unpaired) electrons. The minimum absolute atomic E-state index is 0.0434. The van der Waals surface area contributed by atoms with E-state index in [4.69, 9.17) is 0 Å². The van der Waals surface area contributed by atoms with Crippen molar-refractivity contribution in [2.75, 3.05) is 5.32 Å². The molecule has 0 saturated carbocycles. The summed E-state index contributed by atoms with van der Waals surface area (Å²) >= 11 is 2.72. The largest absolute Gasteiger partial charge is 0.349 e. The lowest BCUT2D eigenvalue weighted by atomic mass is 9.87. The number of nitrogens with one attached hydrogen (secondary N) is 2. The molecule has 1 aliphatic rings. The summed E-state index contributed by atoms with van der Waals surface area (Å²) in [5.74, 6) is -0.215. The van der Waals surface area contributed by atoms with Crippen LogP contribution in [0, 0.1) is 0 Å². The quantitative estimate of drug-likeness (QED) is 0.678. The van der Waals surface area contributed by atoms with Crippen molar-refractivity contribution < 1.29 is 9.59 Å². The number of carbonyl (C=O) groups excluding carboxylic acids is 2. The van der Waals surface area contributed by atoms with Gasteiger partial charge in [0.1, 0.15) is 0 Å². The van der Waals surface area contributed by atoms with Gasteiger partial charge in [-0.05, 0) is 41.8 Å². The summed E-state index contributed by atoms with van der Waals surface area (Å²) in [5.41, 5.74) is 3.21. The van der Waals surface area contributed by atoms with E-state index in [9.17, 15) is 9.59 Å². The predicted molar refractivity (Wildman–Crippen MR) is 108 cm³/mol. The molecule has 0 spiro atoms. The third-order valence-electron chi connectivity index (χ3n) is 4.56. The monoisotopic (exact) mass is 397 g/mol. The molecule has 138 valence electrons. The topological polar surface area (TPSA) is 71.1 Å². The number of hydrogen-bond donors (Lipinski definition) is 2. The Balaban J connectivity index is 1.35. The molecule has 4 rings (SSSR count). The van der Waals surface area contributed by atoms with Gasteiger partial charge in [0.25, 0.3) is 5.91 Å². The van der Waals surface area contributed by atoms with Crippen LogP contribution in [0.15, 0.2) is 47.2 Å². The molecular weight excluding hydrogens is 378 g/mol. The molecule has 0 aliphatic heterocycles. The zero-order valence-corrected chi connectivity index (χ0v) is 16.2. The number of carbonyl (C=O) groups is 2. The predicted octanol–water partition coefficient (Wildman–Crippen LogP) is 4.19. The minimum Gasteiger partial charge on any atom is -0.349 e. The molecule has 0 saturated heterocycles. The van der Waals surface area contributed by atoms with Crippen molar-refractivity contribution in [2.45, 2.75) is 31.7 Å². The Labute approximate surface area is 165 Å². The van der Waals surface area contributed by atoms with Crippen molar-refractivity contribution >= 4 is 39.6 Å². The highest BCUT2D eigenvalue weighted by Gasteiger charge is 2.21.